The lowest BCUT2D eigenvalue weighted by molar-refractivity contribution is 0.174. The van der Waals surface area contributed by atoms with Crippen molar-refractivity contribution in [1.29, 1.82) is 0 Å². The molecule has 0 radical (unpaired) electrons. The summed E-state index contributed by atoms with van der Waals surface area (Å²) in [5.74, 6) is 2.29. The highest BCUT2D eigenvalue weighted by molar-refractivity contribution is 7.92. The van der Waals surface area contributed by atoms with Gasteiger partial charge in [0, 0.05) is 12.6 Å². The van der Waals surface area contributed by atoms with Crippen molar-refractivity contribution in [3.63, 3.8) is 0 Å². The zero-order valence-corrected chi connectivity index (χ0v) is 15.0. The normalized spacial score (nSPS) is 13.1. The zero-order valence-electron chi connectivity index (χ0n) is 14.2. The SMILES string of the molecule is CC(C)CCNc1ccc(NS(=O)(=O)c2ccc3c(c2)OCO3)cn1. The van der Waals surface area contributed by atoms with Crippen LogP contribution in [0.4, 0.5) is 11.5 Å². The largest absolute Gasteiger partial charge is 0.454 e. The minimum absolute atomic E-state index is 0.0987. The van der Waals surface area contributed by atoms with Gasteiger partial charge >= 0.3 is 0 Å². The number of aromatic nitrogens is 1. The number of fused-ring (bicyclic) bond motifs is 1. The number of ether oxygens (including phenoxy) is 2. The summed E-state index contributed by atoms with van der Waals surface area (Å²) >= 11 is 0. The molecule has 2 N–H and O–H groups in total. The maximum Gasteiger partial charge on any atom is 0.262 e. The molecule has 0 spiro atoms. The highest BCUT2D eigenvalue weighted by Gasteiger charge is 2.20. The number of benzene rings is 1. The molecule has 2 aromatic rings. The molecule has 2 heterocycles. The number of sulfonamides is 1. The van der Waals surface area contributed by atoms with Gasteiger partial charge in [-0.15, -0.1) is 0 Å². The van der Waals surface area contributed by atoms with Crippen LogP contribution in [0, 0.1) is 5.92 Å². The fourth-order valence-electron chi connectivity index (χ4n) is 2.31. The maximum atomic E-state index is 12.5. The quantitative estimate of drug-likeness (QED) is 0.786. The Morgan fingerprint density at radius 2 is 1.96 bits per heavy atom. The Labute approximate surface area is 147 Å². The predicted molar refractivity (Wildman–Crippen MR) is 95.6 cm³/mol. The van der Waals surface area contributed by atoms with Crippen LogP contribution in [-0.4, -0.2) is 26.7 Å². The summed E-state index contributed by atoms with van der Waals surface area (Å²) in [6.07, 6.45) is 2.53. The van der Waals surface area contributed by atoms with E-state index in [2.05, 4.69) is 28.9 Å². The van der Waals surface area contributed by atoms with Crippen molar-refractivity contribution < 1.29 is 17.9 Å². The number of rotatable bonds is 7. The topological polar surface area (TPSA) is 89.5 Å². The average molecular weight is 363 g/mol. The minimum Gasteiger partial charge on any atom is -0.454 e. The molecule has 7 nitrogen and oxygen atoms in total. The third kappa shape index (κ3) is 4.33. The van der Waals surface area contributed by atoms with Crippen LogP contribution in [0.1, 0.15) is 20.3 Å². The van der Waals surface area contributed by atoms with E-state index in [1.54, 1.807) is 18.2 Å². The number of hydrogen-bond acceptors (Lipinski definition) is 6. The fraction of sp³-hybridized carbons (Fsp3) is 0.353. The lowest BCUT2D eigenvalue weighted by atomic mass is 10.1. The standard InChI is InChI=1S/C17H21N3O4S/c1-12(2)7-8-18-17-6-3-13(10-19-17)20-25(21,22)14-4-5-15-16(9-14)24-11-23-15/h3-6,9-10,12,20H,7-8,11H2,1-2H3,(H,18,19). The summed E-state index contributed by atoms with van der Waals surface area (Å²) in [6.45, 7) is 5.24. The second-order valence-electron chi connectivity index (χ2n) is 6.16. The molecule has 1 aromatic carbocycles. The lowest BCUT2D eigenvalue weighted by Gasteiger charge is -2.10. The number of pyridine rings is 1. The van der Waals surface area contributed by atoms with E-state index in [1.807, 2.05) is 0 Å². The van der Waals surface area contributed by atoms with Gasteiger partial charge in [0.25, 0.3) is 10.0 Å². The van der Waals surface area contributed by atoms with E-state index in [-0.39, 0.29) is 11.7 Å². The first kappa shape index (κ1) is 17.3. The van der Waals surface area contributed by atoms with Gasteiger partial charge in [-0.1, -0.05) is 13.8 Å². The summed E-state index contributed by atoms with van der Waals surface area (Å²) in [4.78, 5) is 4.34. The van der Waals surface area contributed by atoms with Crippen molar-refractivity contribution in [3.8, 4) is 11.5 Å². The van der Waals surface area contributed by atoms with Crippen LogP contribution in [0.25, 0.3) is 0 Å². The van der Waals surface area contributed by atoms with Gasteiger partial charge in [0.1, 0.15) is 5.82 Å². The van der Waals surface area contributed by atoms with Gasteiger partial charge in [0.05, 0.1) is 16.8 Å². The summed E-state index contributed by atoms with van der Waals surface area (Å²) in [7, 11) is -3.72. The van der Waals surface area contributed by atoms with E-state index in [4.69, 9.17) is 9.47 Å². The minimum atomic E-state index is -3.72. The first-order valence-corrected chi connectivity index (χ1v) is 9.55. The number of anilines is 2. The smallest absolute Gasteiger partial charge is 0.262 e. The van der Waals surface area contributed by atoms with Gasteiger partial charge < -0.3 is 14.8 Å². The molecule has 3 rings (SSSR count). The molecule has 0 aliphatic carbocycles. The Bertz CT molecular complexity index is 835. The van der Waals surface area contributed by atoms with Crippen LogP contribution in [0.15, 0.2) is 41.4 Å². The summed E-state index contributed by atoms with van der Waals surface area (Å²) in [5, 5.41) is 3.21. The molecule has 1 aliphatic heterocycles. The molecule has 0 unspecified atom stereocenters. The maximum absolute atomic E-state index is 12.5. The van der Waals surface area contributed by atoms with Crippen molar-refractivity contribution in [2.45, 2.75) is 25.2 Å². The van der Waals surface area contributed by atoms with E-state index < -0.39 is 10.0 Å². The Balaban J connectivity index is 1.66. The van der Waals surface area contributed by atoms with Crippen LogP contribution in [0.2, 0.25) is 0 Å². The van der Waals surface area contributed by atoms with Crippen molar-refractivity contribution in [2.75, 3.05) is 23.4 Å². The van der Waals surface area contributed by atoms with E-state index >= 15 is 0 Å². The average Bonchev–Trinajstić information content (AvgIpc) is 3.03. The first-order chi connectivity index (χ1) is 11.9. The highest BCUT2D eigenvalue weighted by atomic mass is 32.2. The Morgan fingerprint density at radius 3 is 2.68 bits per heavy atom. The molecule has 1 aromatic heterocycles. The van der Waals surface area contributed by atoms with E-state index in [0.29, 0.717) is 28.9 Å². The Hall–Kier alpha value is -2.48. The van der Waals surface area contributed by atoms with Crippen LogP contribution in [0.3, 0.4) is 0 Å². The van der Waals surface area contributed by atoms with Crippen LogP contribution in [0.5, 0.6) is 11.5 Å². The monoisotopic (exact) mass is 363 g/mol. The Kier molecular flexibility index (Phi) is 4.98. The zero-order chi connectivity index (χ0) is 17.9. The number of nitrogens with one attached hydrogen (secondary N) is 2. The molecule has 0 saturated heterocycles. The van der Waals surface area contributed by atoms with Crippen molar-refractivity contribution >= 4 is 21.5 Å². The van der Waals surface area contributed by atoms with Crippen molar-refractivity contribution in [3.05, 3.63) is 36.5 Å². The third-order valence-corrected chi connectivity index (χ3v) is 5.08. The molecule has 25 heavy (non-hydrogen) atoms. The molecule has 1 aliphatic rings. The molecule has 0 atom stereocenters. The first-order valence-electron chi connectivity index (χ1n) is 8.06. The Morgan fingerprint density at radius 1 is 1.16 bits per heavy atom. The second-order valence-corrected chi connectivity index (χ2v) is 7.84. The second kappa shape index (κ2) is 7.18. The lowest BCUT2D eigenvalue weighted by Crippen LogP contribution is -2.13. The molecule has 134 valence electrons. The molecular formula is C17H21N3O4S. The predicted octanol–water partition coefficient (Wildman–Crippen LogP) is 3.07. The highest BCUT2D eigenvalue weighted by Crippen LogP contribution is 2.34. The summed E-state index contributed by atoms with van der Waals surface area (Å²) in [6, 6.07) is 7.93. The van der Waals surface area contributed by atoms with Gasteiger partial charge in [-0.25, -0.2) is 13.4 Å². The number of hydrogen-bond donors (Lipinski definition) is 2. The van der Waals surface area contributed by atoms with Crippen LogP contribution >= 0.6 is 0 Å². The molecule has 0 saturated carbocycles. The van der Waals surface area contributed by atoms with Gasteiger partial charge in [0.2, 0.25) is 6.79 Å². The van der Waals surface area contributed by atoms with Gasteiger partial charge in [-0.2, -0.15) is 0 Å². The van der Waals surface area contributed by atoms with E-state index in [0.717, 1.165) is 13.0 Å². The van der Waals surface area contributed by atoms with Gasteiger partial charge in [0.15, 0.2) is 11.5 Å². The third-order valence-electron chi connectivity index (χ3n) is 3.70. The fourth-order valence-corrected chi connectivity index (χ4v) is 3.36. The van der Waals surface area contributed by atoms with Gasteiger partial charge in [-0.3, -0.25) is 4.72 Å². The molecular weight excluding hydrogens is 342 g/mol. The summed E-state index contributed by atoms with van der Waals surface area (Å²) in [5.41, 5.74) is 0.395. The van der Waals surface area contributed by atoms with Crippen LogP contribution < -0.4 is 19.5 Å². The van der Waals surface area contributed by atoms with Crippen LogP contribution in [-0.2, 0) is 10.0 Å². The molecule has 0 fully saturated rings. The van der Waals surface area contributed by atoms with Gasteiger partial charge in [-0.05, 0) is 36.6 Å². The van der Waals surface area contributed by atoms with E-state index in [9.17, 15) is 8.42 Å². The molecule has 8 heteroatoms. The van der Waals surface area contributed by atoms with Crippen molar-refractivity contribution in [2.24, 2.45) is 5.92 Å². The molecule has 0 bridgehead atoms. The number of nitrogens with zero attached hydrogens (tertiary/aromatic N) is 1. The van der Waals surface area contributed by atoms with Crippen molar-refractivity contribution in [1.82, 2.24) is 4.98 Å². The molecule has 0 amide bonds. The summed E-state index contributed by atoms with van der Waals surface area (Å²) < 4.78 is 37.9. The van der Waals surface area contributed by atoms with E-state index in [1.165, 1.54) is 18.3 Å².